The molecule has 1 N–H and O–H groups in total. The summed E-state index contributed by atoms with van der Waals surface area (Å²) in [5, 5.41) is 1.24. The minimum Gasteiger partial charge on any atom is -0.493 e. The van der Waals surface area contributed by atoms with Gasteiger partial charge in [0.25, 0.3) is 11.8 Å². The summed E-state index contributed by atoms with van der Waals surface area (Å²) in [4.78, 5) is 25.3. The van der Waals surface area contributed by atoms with Gasteiger partial charge >= 0.3 is 0 Å². The van der Waals surface area contributed by atoms with Crippen molar-refractivity contribution in [1.29, 1.82) is 0 Å². The highest BCUT2D eigenvalue weighted by Gasteiger charge is 2.34. The van der Waals surface area contributed by atoms with Crippen molar-refractivity contribution < 1.29 is 23.8 Å². The molecule has 0 radical (unpaired) electrons. The van der Waals surface area contributed by atoms with Crippen LogP contribution in [0.2, 0.25) is 0 Å². The standard InChI is InChI=1S/C29H30N2O5/c1-4-20(2)23-12-8-9-13-25(23)35-16-17-36-26-15-14-21(19-27(26)34-3)18-24-28(32)30-31(29(24)33)22-10-6-5-7-11-22/h5-15,18-20H,4,16-17H2,1-3H3,(H,30,32)/b24-18+/t20-/m1/s1. The number of hydrogen-bond donors (Lipinski definition) is 1. The highest BCUT2D eigenvalue weighted by molar-refractivity contribution is 6.31. The molecule has 2 amide bonds. The van der Waals surface area contributed by atoms with Crippen molar-refractivity contribution >= 4 is 23.6 Å². The summed E-state index contributed by atoms with van der Waals surface area (Å²) >= 11 is 0. The summed E-state index contributed by atoms with van der Waals surface area (Å²) in [5.41, 5.74) is 5.07. The molecule has 0 aliphatic carbocycles. The lowest BCUT2D eigenvalue weighted by molar-refractivity contribution is -0.117. The molecule has 7 nitrogen and oxygen atoms in total. The van der Waals surface area contributed by atoms with Crippen LogP contribution >= 0.6 is 0 Å². The predicted octanol–water partition coefficient (Wildman–Crippen LogP) is 5.13. The zero-order valence-corrected chi connectivity index (χ0v) is 20.7. The molecule has 4 rings (SSSR count). The predicted molar refractivity (Wildman–Crippen MR) is 139 cm³/mol. The van der Waals surface area contributed by atoms with Gasteiger partial charge in [0, 0.05) is 0 Å². The van der Waals surface area contributed by atoms with Gasteiger partial charge in [-0.05, 0) is 59.9 Å². The molecule has 1 atom stereocenters. The summed E-state index contributed by atoms with van der Waals surface area (Å²) in [7, 11) is 1.54. The minimum absolute atomic E-state index is 0.0444. The van der Waals surface area contributed by atoms with Crippen LogP contribution in [0.1, 0.15) is 37.3 Å². The number of carbonyl (C=O) groups is 2. The van der Waals surface area contributed by atoms with Crippen molar-refractivity contribution in [1.82, 2.24) is 5.43 Å². The van der Waals surface area contributed by atoms with E-state index in [1.165, 1.54) is 10.6 Å². The number of anilines is 1. The van der Waals surface area contributed by atoms with Crippen LogP contribution in [0.4, 0.5) is 5.69 Å². The average molecular weight is 487 g/mol. The maximum absolute atomic E-state index is 12.8. The van der Waals surface area contributed by atoms with Crippen LogP contribution in [0.5, 0.6) is 17.2 Å². The average Bonchev–Trinajstić information content (AvgIpc) is 3.20. The Morgan fingerprint density at radius 2 is 1.58 bits per heavy atom. The van der Waals surface area contributed by atoms with E-state index in [2.05, 4.69) is 25.3 Å². The van der Waals surface area contributed by atoms with Crippen molar-refractivity contribution in [3.8, 4) is 17.2 Å². The molecular formula is C29H30N2O5. The van der Waals surface area contributed by atoms with E-state index in [1.807, 2.05) is 24.3 Å². The van der Waals surface area contributed by atoms with E-state index >= 15 is 0 Å². The third kappa shape index (κ3) is 5.51. The molecule has 1 heterocycles. The normalized spacial score (nSPS) is 15.1. The number of hydrazine groups is 1. The van der Waals surface area contributed by atoms with E-state index in [9.17, 15) is 9.59 Å². The van der Waals surface area contributed by atoms with Crippen molar-refractivity contribution in [2.24, 2.45) is 0 Å². The summed E-state index contributed by atoms with van der Waals surface area (Å²) in [6.07, 6.45) is 2.58. The monoisotopic (exact) mass is 486 g/mol. The van der Waals surface area contributed by atoms with Gasteiger partial charge in [0.1, 0.15) is 24.5 Å². The second-order valence-electron chi connectivity index (χ2n) is 8.43. The quantitative estimate of drug-likeness (QED) is 0.244. The molecule has 0 saturated carbocycles. The first-order chi connectivity index (χ1) is 17.5. The van der Waals surface area contributed by atoms with Crippen molar-refractivity contribution in [2.45, 2.75) is 26.2 Å². The fourth-order valence-electron chi connectivity index (χ4n) is 3.92. The fraction of sp³-hybridized carbons (Fsp3) is 0.241. The number of carbonyl (C=O) groups excluding carboxylic acids is 2. The Morgan fingerprint density at radius 1 is 0.889 bits per heavy atom. The molecule has 3 aromatic rings. The SMILES string of the molecule is CC[C@@H](C)c1ccccc1OCCOc1ccc(/C=C2\C(=O)NN(c3ccccc3)C2=O)cc1OC. The summed E-state index contributed by atoms with van der Waals surface area (Å²) < 4.78 is 17.4. The minimum atomic E-state index is -0.460. The first kappa shape index (κ1) is 24.9. The van der Waals surface area contributed by atoms with Crippen LogP contribution in [0, 0.1) is 0 Å². The van der Waals surface area contributed by atoms with Gasteiger partial charge in [-0.1, -0.05) is 56.3 Å². The van der Waals surface area contributed by atoms with Gasteiger partial charge in [0.15, 0.2) is 11.5 Å². The van der Waals surface area contributed by atoms with Crippen molar-refractivity contribution in [3.05, 3.63) is 89.5 Å². The summed E-state index contributed by atoms with van der Waals surface area (Å²) in [6.45, 7) is 5.05. The molecule has 3 aromatic carbocycles. The Balaban J connectivity index is 1.41. The molecule has 7 heteroatoms. The number of nitrogens with one attached hydrogen (secondary N) is 1. The molecule has 36 heavy (non-hydrogen) atoms. The van der Waals surface area contributed by atoms with Crippen LogP contribution in [0.15, 0.2) is 78.4 Å². The second kappa shape index (κ2) is 11.4. The van der Waals surface area contributed by atoms with Gasteiger partial charge in [-0.2, -0.15) is 0 Å². The van der Waals surface area contributed by atoms with E-state index in [0.717, 1.165) is 12.2 Å². The lowest BCUT2D eigenvalue weighted by atomic mass is 9.98. The van der Waals surface area contributed by atoms with Crippen LogP contribution in [0.3, 0.4) is 0 Å². The first-order valence-electron chi connectivity index (χ1n) is 12.0. The van der Waals surface area contributed by atoms with Crippen LogP contribution in [-0.2, 0) is 9.59 Å². The fourth-order valence-corrected chi connectivity index (χ4v) is 3.92. The molecule has 0 aromatic heterocycles. The maximum Gasteiger partial charge on any atom is 0.282 e. The Labute approximate surface area is 211 Å². The number of rotatable bonds is 10. The lowest BCUT2D eigenvalue weighted by Crippen LogP contribution is -2.35. The van der Waals surface area contributed by atoms with Gasteiger partial charge in [0.05, 0.1) is 12.8 Å². The largest absolute Gasteiger partial charge is 0.493 e. The zero-order chi connectivity index (χ0) is 25.5. The van der Waals surface area contributed by atoms with E-state index in [0.29, 0.717) is 41.9 Å². The van der Waals surface area contributed by atoms with E-state index < -0.39 is 11.8 Å². The molecular weight excluding hydrogens is 456 g/mol. The van der Waals surface area contributed by atoms with Gasteiger partial charge in [-0.15, -0.1) is 0 Å². The van der Waals surface area contributed by atoms with Crippen LogP contribution in [-0.4, -0.2) is 32.1 Å². The summed E-state index contributed by atoms with van der Waals surface area (Å²) in [6, 6.07) is 22.3. The molecule has 1 saturated heterocycles. The van der Waals surface area contributed by atoms with Crippen LogP contribution in [0.25, 0.3) is 6.08 Å². The number of ether oxygens (including phenoxy) is 3. The Bertz CT molecular complexity index is 1260. The number of hydrogen-bond acceptors (Lipinski definition) is 5. The van der Waals surface area contributed by atoms with Gasteiger partial charge in [-0.3, -0.25) is 15.0 Å². The van der Waals surface area contributed by atoms with Gasteiger partial charge in [-0.25, -0.2) is 5.01 Å². The summed E-state index contributed by atoms with van der Waals surface area (Å²) in [5.74, 6) is 1.45. The highest BCUT2D eigenvalue weighted by Crippen LogP contribution is 2.31. The number of nitrogens with zero attached hydrogens (tertiary/aromatic N) is 1. The molecule has 186 valence electrons. The van der Waals surface area contributed by atoms with Gasteiger partial charge in [0.2, 0.25) is 0 Å². The molecule has 1 fully saturated rings. The van der Waals surface area contributed by atoms with E-state index in [4.69, 9.17) is 14.2 Å². The Morgan fingerprint density at radius 3 is 2.31 bits per heavy atom. The highest BCUT2D eigenvalue weighted by atomic mass is 16.5. The number of methoxy groups -OCH3 is 1. The Kier molecular flexibility index (Phi) is 7.90. The lowest BCUT2D eigenvalue weighted by Gasteiger charge is -2.16. The third-order valence-corrected chi connectivity index (χ3v) is 6.07. The first-order valence-corrected chi connectivity index (χ1v) is 12.0. The third-order valence-electron chi connectivity index (χ3n) is 6.07. The Hall–Kier alpha value is -4.26. The van der Waals surface area contributed by atoms with Crippen molar-refractivity contribution in [2.75, 3.05) is 25.3 Å². The molecule has 0 bridgehead atoms. The van der Waals surface area contributed by atoms with E-state index in [-0.39, 0.29) is 5.57 Å². The number of para-hydroxylation sites is 2. The zero-order valence-electron chi connectivity index (χ0n) is 20.7. The van der Waals surface area contributed by atoms with Crippen LogP contribution < -0.4 is 24.6 Å². The number of benzene rings is 3. The van der Waals surface area contributed by atoms with Gasteiger partial charge < -0.3 is 14.2 Å². The molecule has 1 aliphatic heterocycles. The van der Waals surface area contributed by atoms with Crippen molar-refractivity contribution in [3.63, 3.8) is 0 Å². The molecule has 0 spiro atoms. The maximum atomic E-state index is 12.8. The number of amides is 2. The molecule has 0 unspecified atom stereocenters. The van der Waals surface area contributed by atoms with E-state index in [1.54, 1.807) is 55.7 Å². The second-order valence-corrected chi connectivity index (χ2v) is 8.43. The topological polar surface area (TPSA) is 77.1 Å². The smallest absolute Gasteiger partial charge is 0.282 e. The molecule has 1 aliphatic rings.